The monoisotopic (exact) mass is 350 g/mol. The highest BCUT2D eigenvalue weighted by atomic mass is 35.5. The zero-order valence-corrected chi connectivity index (χ0v) is 14.6. The number of halogens is 2. The quantitative estimate of drug-likeness (QED) is 0.755. The van der Waals surface area contributed by atoms with Crippen molar-refractivity contribution in [2.75, 3.05) is 10.6 Å². The molecule has 23 heavy (non-hydrogen) atoms. The molecule has 1 aromatic heterocycles. The molecular formula is C17H20Cl2N4. The molecule has 0 amide bonds. The summed E-state index contributed by atoms with van der Waals surface area (Å²) in [7, 11) is 0. The number of benzene rings is 1. The van der Waals surface area contributed by atoms with Crippen molar-refractivity contribution in [2.45, 2.75) is 45.1 Å². The molecule has 6 heteroatoms. The van der Waals surface area contributed by atoms with E-state index >= 15 is 0 Å². The summed E-state index contributed by atoms with van der Waals surface area (Å²) in [6.45, 7) is 1.89. The average molecular weight is 351 g/mol. The van der Waals surface area contributed by atoms with E-state index in [-0.39, 0.29) is 0 Å². The second-order valence-electron chi connectivity index (χ2n) is 5.92. The van der Waals surface area contributed by atoms with Gasteiger partial charge in [-0.25, -0.2) is 9.97 Å². The average Bonchev–Trinajstić information content (AvgIpc) is 2.51. The van der Waals surface area contributed by atoms with Crippen molar-refractivity contribution in [3.8, 4) is 0 Å². The van der Waals surface area contributed by atoms with Crippen molar-refractivity contribution in [1.82, 2.24) is 9.97 Å². The van der Waals surface area contributed by atoms with Crippen molar-refractivity contribution in [3.05, 3.63) is 40.1 Å². The Hall–Kier alpha value is -1.52. The van der Waals surface area contributed by atoms with Gasteiger partial charge in [0.2, 0.25) is 0 Å². The molecule has 1 aromatic carbocycles. The maximum Gasteiger partial charge on any atom is 0.136 e. The highest BCUT2D eigenvalue weighted by Gasteiger charge is 2.14. The predicted molar refractivity (Wildman–Crippen MR) is 97.0 cm³/mol. The number of hydrogen-bond acceptors (Lipinski definition) is 4. The van der Waals surface area contributed by atoms with E-state index in [1.807, 2.05) is 19.1 Å². The number of anilines is 3. The molecule has 4 nitrogen and oxygen atoms in total. The van der Waals surface area contributed by atoms with E-state index in [4.69, 9.17) is 23.2 Å². The van der Waals surface area contributed by atoms with Crippen LogP contribution >= 0.6 is 23.2 Å². The lowest BCUT2D eigenvalue weighted by Gasteiger charge is -2.23. The third-order valence-corrected chi connectivity index (χ3v) is 4.73. The first-order valence-corrected chi connectivity index (χ1v) is 8.70. The van der Waals surface area contributed by atoms with Gasteiger partial charge in [0.25, 0.3) is 0 Å². The molecule has 1 aliphatic rings. The van der Waals surface area contributed by atoms with Crippen molar-refractivity contribution >= 4 is 40.5 Å². The van der Waals surface area contributed by atoms with Crippen LogP contribution in [0.25, 0.3) is 0 Å². The molecule has 1 heterocycles. The van der Waals surface area contributed by atoms with E-state index in [9.17, 15) is 0 Å². The van der Waals surface area contributed by atoms with Crippen LogP contribution in [0.3, 0.4) is 0 Å². The SMILES string of the molecule is Cc1nc(Nc2ccc(Cl)c(Cl)c2)cc(NC2CCCCC2)n1. The Kier molecular flexibility index (Phi) is 5.23. The van der Waals surface area contributed by atoms with Crippen LogP contribution in [0.5, 0.6) is 0 Å². The third-order valence-electron chi connectivity index (χ3n) is 3.99. The third kappa shape index (κ3) is 4.49. The number of nitrogens with one attached hydrogen (secondary N) is 2. The summed E-state index contributed by atoms with van der Waals surface area (Å²) in [6.07, 6.45) is 6.33. The Balaban J connectivity index is 1.75. The van der Waals surface area contributed by atoms with Crippen LogP contribution in [-0.4, -0.2) is 16.0 Å². The highest BCUT2D eigenvalue weighted by Crippen LogP contribution is 2.27. The Morgan fingerprint density at radius 1 is 0.957 bits per heavy atom. The van der Waals surface area contributed by atoms with Crippen LogP contribution in [0.4, 0.5) is 17.3 Å². The summed E-state index contributed by atoms with van der Waals surface area (Å²) < 4.78 is 0. The van der Waals surface area contributed by atoms with Gasteiger partial charge in [-0.1, -0.05) is 42.5 Å². The minimum absolute atomic E-state index is 0.510. The summed E-state index contributed by atoms with van der Waals surface area (Å²) in [5.41, 5.74) is 0.848. The molecule has 3 rings (SSSR count). The number of aromatic nitrogens is 2. The number of nitrogens with zero attached hydrogens (tertiary/aromatic N) is 2. The predicted octanol–water partition coefficient (Wildman–Crippen LogP) is 5.58. The smallest absolute Gasteiger partial charge is 0.136 e. The summed E-state index contributed by atoms with van der Waals surface area (Å²) in [4.78, 5) is 8.93. The highest BCUT2D eigenvalue weighted by molar-refractivity contribution is 6.42. The summed E-state index contributed by atoms with van der Waals surface area (Å²) in [5.74, 6) is 2.34. The van der Waals surface area contributed by atoms with Crippen molar-refractivity contribution in [2.24, 2.45) is 0 Å². The van der Waals surface area contributed by atoms with Crippen LogP contribution in [0.1, 0.15) is 37.9 Å². The Bertz CT molecular complexity index is 684. The first-order chi connectivity index (χ1) is 11.1. The molecule has 122 valence electrons. The molecular weight excluding hydrogens is 331 g/mol. The summed E-state index contributed by atoms with van der Waals surface area (Å²) >= 11 is 12.0. The Labute approximate surface area is 146 Å². The van der Waals surface area contributed by atoms with Gasteiger partial charge < -0.3 is 10.6 Å². The van der Waals surface area contributed by atoms with Crippen LogP contribution in [0.2, 0.25) is 10.0 Å². The fourth-order valence-electron chi connectivity index (χ4n) is 2.88. The van der Waals surface area contributed by atoms with Gasteiger partial charge in [-0.15, -0.1) is 0 Å². The lowest BCUT2D eigenvalue weighted by atomic mass is 9.95. The zero-order valence-electron chi connectivity index (χ0n) is 13.1. The second-order valence-corrected chi connectivity index (χ2v) is 6.73. The maximum atomic E-state index is 6.05. The van der Waals surface area contributed by atoms with Crippen LogP contribution in [0, 0.1) is 6.92 Å². The number of aryl methyl sites for hydroxylation is 1. The van der Waals surface area contributed by atoms with Gasteiger partial charge in [0.1, 0.15) is 17.5 Å². The number of hydrogen-bond donors (Lipinski definition) is 2. The molecule has 0 bridgehead atoms. The lowest BCUT2D eigenvalue weighted by Crippen LogP contribution is -2.23. The van der Waals surface area contributed by atoms with Crippen molar-refractivity contribution < 1.29 is 0 Å². The molecule has 2 N–H and O–H groups in total. The fourth-order valence-corrected chi connectivity index (χ4v) is 3.18. The minimum Gasteiger partial charge on any atom is -0.367 e. The van der Waals surface area contributed by atoms with Crippen LogP contribution in [0.15, 0.2) is 24.3 Å². The van der Waals surface area contributed by atoms with Crippen LogP contribution in [-0.2, 0) is 0 Å². The van der Waals surface area contributed by atoms with E-state index in [1.54, 1.807) is 12.1 Å². The van der Waals surface area contributed by atoms with Crippen molar-refractivity contribution in [3.63, 3.8) is 0 Å². The van der Waals surface area contributed by atoms with E-state index in [0.29, 0.717) is 16.1 Å². The van der Waals surface area contributed by atoms with Gasteiger partial charge in [-0.05, 0) is 38.0 Å². The molecule has 0 radical (unpaired) electrons. The Morgan fingerprint density at radius 2 is 1.70 bits per heavy atom. The number of rotatable bonds is 4. The minimum atomic E-state index is 0.510. The van der Waals surface area contributed by atoms with Crippen molar-refractivity contribution in [1.29, 1.82) is 0 Å². The van der Waals surface area contributed by atoms with Gasteiger partial charge in [0.15, 0.2) is 0 Å². The molecule has 0 aliphatic heterocycles. The lowest BCUT2D eigenvalue weighted by molar-refractivity contribution is 0.462. The molecule has 0 unspecified atom stereocenters. The van der Waals surface area contributed by atoms with Gasteiger partial charge in [0, 0.05) is 17.8 Å². The summed E-state index contributed by atoms with van der Waals surface area (Å²) in [5, 5.41) is 7.84. The van der Waals surface area contributed by atoms with Gasteiger partial charge in [-0.3, -0.25) is 0 Å². The molecule has 1 fully saturated rings. The first-order valence-electron chi connectivity index (χ1n) is 7.94. The van der Waals surface area contributed by atoms with E-state index < -0.39 is 0 Å². The maximum absolute atomic E-state index is 6.05. The normalized spacial score (nSPS) is 15.4. The largest absolute Gasteiger partial charge is 0.367 e. The fraction of sp³-hybridized carbons (Fsp3) is 0.412. The topological polar surface area (TPSA) is 49.8 Å². The van der Waals surface area contributed by atoms with E-state index in [2.05, 4.69) is 20.6 Å². The van der Waals surface area contributed by atoms with E-state index in [0.717, 1.165) is 23.1 Å². The molecule has 2 aromatic rings. The first kappa shape index (κ1) is 16.3. The second kappa shape index (κ2) is 7.37. The van der Waals surface area contributed by atoms with Gasteiger partial charge in [-0.2, -0.15) is 0 Å². The van der Waals surface area contributed by atoms with Gasteiger partial charge in [0.05, 0.1) is 10.0 Å². The van der Waals surface area contributed by atoms with E-state index in [1.165, 1.54) is 32.1 Å². The molecule has 0 spiro atoms. The molecule has 0 atom stereocenters. The molecule has 0 saturated heterocycles. The summed E-state index contributed by atoms with van der Waals surface area (Å²) in [6, 6.07) is 7.87. The zero-order chi connectivity index (χ0) is 16.2. The molecule has 1 aliphatic carbocycles. The Morgan fingerprint density at radius 3 is 2.43 bits per heavy atom. The van der Waals surface area contributed by atoms with Crippen LogP contribution < -0.4 is 10.6 Å². The van der Waals surface area contributed by atoms with Gasteiger partial charge >= 0.3 is 0 Å². The standard InChI is InChI=1S/C17H20Cl2N4/c1-11-20-16(22-12-5-3-2-4-6-12)10-17(21-11)23-13-7-8-14(18)15(19)9-13/h7-10,12H,2-6H2,1H3,(H2,20,21,22,23). The molecule has 1 saturated carbocycles.